The first-order chi connectivity index (χ1) is 15.3. The van der Waals surface area contributed by atoms with Gasteiger partial charge in [-0.05, 0) is 79.3 Å². The molecule has 164 valence electrons. The number of pyridine rings is 1. The molecule has 2 bridgehead atoms. The summed E-state index contributed by atoms with van der Waals surface area (Å²) in [4.78, 5) is 19.5. The van der Waals surface area contributed by atoms with Crippen molar-refractivity contribution in [2.24, 2.45) is 5.92 Å². The van der Waals surface area contributed by atoms with Crippen molar-refractivity contribution in [3.63, 3.8) is 0 Å². The number of alkyl halides is 3. The number of benzene rings is 2. The lowest BCUT2D eigenvalue weighted by Crippen LogP contribution is -2.32. The van der Waals surface area contributed by atoms with Crippen LogP contribution in [0.5, 0.6) is 0 Å². The van der Waals surface area contributed by atoms with Crippen molar-refractivity contribution < 1.29 is 18.0 Å². The highest BCUT2D eigenvalue weighted by atomic mass is 19.4. The van der Waals surface area contributed by atoms with Crippen molar-refractivity contribution >= 4 is 34.4 Å². The Balaban J connectivity index is 1.25. The van der Waals surface area contributed by atoms with Gasteiger partial charge in [0.1, 0.15) is 5.82 Å². The Morgan fingerprint density at radius 3 is 2.56 bits per heavy atom. The molecule has 2 atom stereocenters. The van der Waals surface area contributed by atoms with Gasteiger partial charge in [-0.25, -0.2) is 4.98 Å². The number of aromatic nitrogens is 1. The van der Waals surface area contributed by atoms with Gasteiger partial charge in [0.05, 0.1) is 11.1 Å². The summed E-state index contributed by atoms with van der Waals surface area (Å²) < 4.78 is 37.9. The average Bonchev–Trinajstić information content (AvgIpc) is 3.41. The minimum atomic E-state index is -4.38. The van der Waals surface area contributed by atoms with Crippen LogP contribution in [0.2, 0.25) is 0 Å². The minimum Gasteiger partial charge on any atom is -0.353 e. The number of carbonyl (C=O) groups excluding carboxylic acids is 1. The number of carbonyl (C=O) groups is 1. The molecule has 1 saturated carbocycles. The average molecular weight is 437 g/mol. The van der Waals surface area contributed by atoms with Crippen LogP contribution in [0.3, 0.4) is 0 Å². The number of piperidine rings is 1. The third kappa shape index (κ3) is 4.20. The second kappa shape index (κ2) is 7.97. The highest BCUT2D eigenvalue weighted by molar-refractivity contribution is 6.03. The van der Waals surface area contributed by atoms with Gasteiger partial charge in [0.2, 0.25) is 5.91 Å². The van der Waals surface area contributed by atoms with Crippen LogP contribution in [0, 0.1) is 5.92 Å². The predicted octanol–water partition coefficient (Wildman–Crippen LogP) is 5.89. The summed E-state index contributed by atoms with van der Waals surface area (Å²) in [6.45, 7) is 1.09. The van der Waals surface area contributed by atoms with E-state index in [1.807, 2.05) is 24.3 Å². The molecule has 0 radical (unpaired) electrons. The highest BCUT2D eigenvalue weighted by Crippen LogP contribution is 2.40. The van der Waals surface area contributed by atoms with Gasteiger partial charge in [-0.15, -0.1) is 0 Å². The molecule has 5 rings (SSSR count). The number of anilines is 2. The Morgan fingerprint density at radius 2 is 1.88 bits per heavy atom. The number of nitrogens with one attached hydrogen (secondary N) is 1. The van der Waals surface area contributed by atoms with E-state index in [1.54, 1.807) is 6.07 Å². The van der Waals surface area contributed by atoms with Gasteiger partial charge in [0.15, 0.2) is 0 Å². The van der Waals surface area contributed by atoms with E-state index in [0.29, 0.717) is 17.3 Å². The lowest BCUT2D eigenvalue weighted by molar-refractivity contribution is -0.137. The zero-order chi connectivity index (χ0) is 22.3. The van der Waals surface area contributed by atoms with Crippen LogP contribution in [0.15, 0.2) is 60.7 Å². The number of hydrogen-bond acceptors (Lipinski definition) is 3. The van der Waals surface area contributed by atoms with E-state index in [0.717, 1.165) is 41.3 Å². The van der Waals surface area contributed by atoms with Gasteiger partial charge in [-0.2, -0.15) is 13.2 Å². The van der Waals surface area contributed by atoms with Crippen molar-refractivity contribution in [1.29, 1.82) is 0 Å². The number of rotatable bonds is 4. The van der Waals surface area contributed by atoms with E-state index in [-0.39, 0.29) is 5.91 Å². The summed E-state index contributed by atoms with van der Waals surface area (Å²) in [7, 11) is 0. The highest BCUT2D eigenvalue weighted by Gasteiger charge is 2.38. The van der Waals surface area contributed by atoms with Crippen molar-refractivity contribution in [1.82, 2.24) is 4.98 Å². The van der Waals surface area contributed by atoms with Crippen LogP contribution in [0.4, 0.5) is 24.7 Å². The molecular weight excluding hydrogens is 415 g/mol. The molecule has 0 spiro atoms. The maximum absolute atomic E-state index is 12.6. The van der Waals surface area contributed by atoms with Crippen LogP contribution >= 0.6 is 0 Å². The van der Waals surface area contributed by atoms with Gasteiger partial charge in [0.25, 0.3) is 0 Å². The van der Waals surface area contributed by atoms with E-state index in [9.17, 15) is 18.0 Å². The van der Waals surface area contributed by atoms with E-state index < -0.39 is 11.7 Å². The number of hydrogen-bond donors (Lipinski definition) is 1. The SMILES string of the molecule is O=C(/C=C/c1ccc(C(F)(F)F)cc1)Nc1ccc2nc(N3CC4CCC3C4)ccc2c1. The normalized spacial score (nSPS) is 20.4. The molecule has 1 N–H and O–H groups in total. The van der Waals surface area contributed by atoms with Gasteiger partial charge in [-0.1, -0.05) is 12.1 Å². The molecule has 7 heteroatoms. The molecule has 2 unspecified atom stereocenters. The third-order valence-corrected chi connectivity index (χ3v) is 6.31. The van der Waals surface area contributed by atoms with Gasteiger partial charge in [0, 0.05) is 29.7 Å². The first-order valence-corrected chi connectivity index (χ1v) is 10.7. The molecular formula is C25H22F3N3O. The van der Waals surface area contributed by atoms with E-state index in [2.05, 4.69) is 10.2 Å². The lowest BCUT2D eigenvalue weighted by atomic mass is 10.1. The molecule has 2 heterocycles. The molecule has 4 nitrogen and oxygen atoms in total. The van der Waals surface area contributed by atoms with E-state index in [4.69, 9.17) is 4.98 Å². The van der Waals surface area contributed by atoms with Crippen LogP contribution in [0.25, 0.3) is 17.0 Å². The smallest absolute Gasteiger partial charge is 0.353 e. The Morgan fingerprint density at radius 1 is 1.06 bits per heavy atom. The number of amides is 1. The molecule has 2 fully saturated rings. The molecule has 1 aromatic heterocycles. The topological polar surface area (TPSA) is 45.2 Å². The second-order valence-corrected chi connectivity index (χ2v) is 8.50. The maximum atomic E-state index is 12.6. The molecule has 2 aliphatic rings. The van der Waals surface area contributed by atoms with Crippen molar-refractivity contribution in [3.05, 3.63) is 71.8 Å². The van der Waals surface area contributed by atoms with E-state index in [1.165, 1.54) is 43.5 Å². The zero-order valence-corrected chi connectivity index (χ0v) is 17.3. The quantitative estimate of drug-likeness (QED) is 0.518. The largest absolute Gasteiger partial charge is 0.416 e. The van der Waals surface area contributed by atoms with Gasteiger partial charge < -0.3 is 10.2 Å². The summed E-state index contributed by atoms with van der Waals surface area (Å²) >= 11 is 0. The Bertz CT molecular complexity index is 1190. The lowest BCUT2D eigenvalue weighted by Gasteiger charge is -2.28. The molecule has 1 aliphatic heterocycles. The Labute approximate surface area is 183 Å². The number of fused-ring (bicyclic) bond motifs is 3. The first-order valence-electron chi connectivity index (χ1n) is 10.7. The molecule has 3 aromatic rings. The summed E-state index contributed by atoms with van der Waals surface area (Å²) in [5.74, 6) is 1.45. The second-order valence-electron chi connectivity index (χ2n) is 8.50. The molecule has 1 aliphatic carbocycles. The fraction of sp³-hybridized carbons (Fsp3) is 0.280. The number of nitrogens with zero attached hydrogens (tertiary/aromatic N) is 2. The Kier molecular flexibility index (Phi) is 5.12. The van der Waals surface area contributed by atoms with E-state index >= 15 is 0 Å². The van der Waals surface area contributed by atoms with Crippen molar-refractivity contribution in [2.75, 3.05) is 16.8 Å². The minimum absolute atomic E-state index is 0.359. The molecule has 1 amide bonds. The van der Waals surface area contributed by atoms with Crippen molar-refractivity contribution in [2.45, 2.75) is 31.5 Å². The van der Waals surface area contributed by atoms with Crippen LogP contribution in [-0.4, -0.2) is 23.5 Å². The van der Waals surface area contributed by atoms with Gasteiger partial charge >= 0.3 is 6.18 Å². The molecule has 1 saturated heterocycles. The zero-order valence-electron chi connectivity index (χ0n) is 17.3. The Hall–Kier alpha value is -3.35. The fourth-order valence-corrected chi connectivity index (χ4v) is 4.70. The monoisotopic (exact) mass is 437 g/mol. The van der Waals surface area contributed by atoms with Crippen LogP contribution < -0.4 is 10.2 Å². The summed E-state index contributed by atoms with van der Waals surface area (Å²) in [6.07, 6.45) is 2.25. The number of halogens is 3. The fourth-order valence-electron chi connectivity index (χ4n) is 4.70. The predicted molar refractivity (Wildman–Crippen MR) is 119 cm³/mol. The third-order valence-electron chi connectivity index (χ3n) is 6.31. The maximum Gasteiger partial charge on any atom is 0.416 e. The van der Waals surface area contributed by atoms with Crippen LogP contribution in [0.1, 0.15) is 30.4 Å². The standard InChI is InChI=1S/C25H22F3N3O/c26-25(27,28)19-6-1-16(2-7-19)4-12-24(32)29-20-8-10-22-18(14-20)5-11-23(30-22)31-15-17-3-9-21(31)13-17/h1-2,4-8,10-12,14,17,21H,3,9,13,15H2,(H,29,32)/b12-4+. The first kappa shape index (κ1) is 20.5. The molecule has 32 heavy (non-hydrogen) atoms. The molecule has 2 aromatic carbocycles. The summed E-state index contributed by atoms with van der Waals surface area (Å²) in [5, 5.41) is 3.72. The van der Waals surface area contributed by atoms with Gasteiger partial charge in [-0.3, -0.25) is 4.79 Å². The van der Waals surface area contributed by atoms with Crippen LogP contribution in [-0.2, 0) is 11.0 Å². The summed E-state index contributed by atoms with van der Waals surface area (Å²) in [6, 6.07) is 14.9. The van der Waals surface area contributed by atoms with Crippen molar-refractivity contribution in [3.8, 4) is 0 Å². The summed E-state index contributed by atoms with van der Waals surface area (Å²) in [5.41, 5.74) is 1.31.